The summed E-state index contributed by atoms with van der Waals surface area (Å²) >= 11 is 0. The van der Waals surface area contributed by atoms with E-state index in [0.29, 0.717) is 5.56 Å². The average Bonchev–Trinajstić information content (AvgIpc) is 2.36. The molecule has 0 heterocycles. The number of alkyl carbamates (subject to hydrolysis) is 1. The molecule has 0 bridgehead atoms. The number of hydrogen-bond donors (Lipinski definition) is 1. The summed E-state index contributed by atoms with van der Waals surface area (Å²) in [5.41, 5.74) is -0.121. The molecule has 0 aliphatic heterocycles. The molecule has 20 heavy (non-hydrogen) atoms. The van der Waals surface area contributed by atoms with Crippen LogP contribution in [-0.4, -0.2) is 23.5 Å². The van der Waals surface area contributed by atoms with Gasteiger partial charge in [0.15, 0.2) is 5.78 Å². The second kappa shape index (κ2) is 6.76. The third kappa shape index (κ3) is 5.15. The molecule has 1 unspecified atom stereocenters. The van der Waals surface area contributed by atoms with Crippen LogP contribution in [0.15, 0.2) is 30.3 Å². The van der Waals surface area contributed by atoms with Gasteiger partial charge in [-0.3, -0.25) is 4.79 Å². The number of ether oxygens (including phenoxy) is 1. The van der Waals surface area contributed by atoms with Crippen molar-refractivity contribution in [3.63, 3.8) is 0 Å². The number of ketones is 1. The van der Waals surface area contributed by atoms with Crippen LogP contribution in [0.3, 0.4) is 0 Å². The van der Waals surface area contributed by atoms with Crippen molar-refractivity contribution in [1.29, 1.82) is 0 Å². The maximum atomic E-state index is 12.3. The van der Waals surface area contributed by atoms with E-state index < -0.39 is 17.7 Å². The van der Waals surface area contributed by atoms with Gasteiger partial charge in [0.1, 0.15) is 11.6 Å². The summed E-state index contributed by atoms with van der Waals surface area (Å²) in [6, 6.07) is 7.91. The van der Waals surface area contributed by atoms with E-state index in [9.17, 15) is 9.59 Å². The molecule has 1 aromatic rings. The quantitative estimate of drug-likeness (QED) is 0.678. The average molecular weight is 273 g/mol. The largest absolute Gasteiger partial charge is 0.444 e. The highest BCUT2D eigenvalue weighted by Crippen LogP contribution is 2.09. The van der Waals surface area contributed by atoms with Gasteiger partial charge in [-0.2, -0.15) is 0 Å². The third-order valence-electron chi connectivity index (χ3n) is 2.39. The van der Waals surface area contributed by atoms with Gasteiger partial charge in [0.25, 0.3) is 0 Å². The van der Waals surface area contributed by atoms with Crippen molar-refractivity contribution in [2.24, 2.45) is 0 Å². The van der Waals surface area contributed by atoms with Crippen molar-refractivity contribution in [1.82, 2.24) is 5.32 Å². The minimum Gasteiger partial charge on any atom is -0.444 e. The van der Waals surface area contributed by atoms with Crippen molar-refractivity contribution < 1.29 is 14.3 Å². The Labute approximate surface area is 119 Å². The van der Waals surface area contributed by atoms with E-state index in [0.717, 1.165) is 0 Å². The predicted molar refractivity (Wildman–Crippen MR) is 77.4 cm³/mol. The monoisotopic (exact) mass is 273 g/mol. The van der Waals surface area contributed by atoms with E-state index in [-0.39, 0.29) is 12.2 Å². The molecule has 0 aromatic heterocycles. The lowest BCUT2D eigenvalue weighted by molar-refractivity contribution is 0.0493. The van der Waals surface area contributed by atoms with Crippen LogP contribution in [-0.2, 0) is 4.74 Å². The first-order valence-corrected chi connectivity index (χ1v) is 6.36. The smallest absolute Gasteiger partial charge is 0.408 e. The van der Waals surface area contributed by atoms with Crippen molar-refractivity contribution in [3.8, 4) is 12.3 Å². The number of Topliss-reactive ketones (excluding diaryl/α,β-unsaturated/α-hetero) is 1. The molecule has 106 valence electrons. The van der Waals surface area contributed by atoms with Gasteiger partial charge in [0.2, 0.25) is 0 Å². The Hall–Kier alpha value is -2.28. The maximum absolute atomic E-state index is 12.3. The zero-order chi connectivity index (χ0) is 15.2. The highest BCUT2D eigenvalue weighted by Gasteiger charge is 2.24. The molecule has 4 nitrogen and oxygen atoms in total. The fraction of sp³-hybridized carbons (Fsp3) is 0.375. The Morgan fingerprint density at radius 3 is 2.40 bits per heavy atom. The molecular formula is C16H19NO3. The first-order chi connectivity index (χ1) is 9.33. The molecule has 0 aliphatic carbocycles. The minimum atomic E-state index is -0.780. The van der Waals surface area contributed by atoms with Crippen molar-refractivity contribution in [2.75, 3.05) is 0 Å². The number of carbonyl (C=O) groups excluding carboxylic acids is 2. The third-order valence-corrected chi connectivity index (χ3v) is 2.39. The van der Waals surface area contributed by atoms with E-state index >= 15 is 0 Å². The highest BCUT2D eigenvalue weighted by atomic mass is 16.6. The van der Waals surface area contributed by atoms with Gasteiger partial charge in [-0.05, 0) is 20.8 Å². The molecule has 1 N–H and O–H groups in total. The molecule has 1 atom stereocenters. The van der Waals surface area contributed by atoms with Gasteiger partial charge >= 0.3 is 6.09 Å². The maximum Gasteiger partial charge on any atom is 0.408 e. The second-order valence-electron chi connectivity index (χ2n) is 5.34. The van der Waals surface area contributed by atoms with Crippen molar-refractivity contribution in [3.05, 3.63) is 35.9 Å². The van der Waals surface area contributed by atoms with Gasteiger partial charge < -0.3 is 10.1 Å². The van der Waals surface area contributed by atoms with Crippen LogP contribution < -0.4 is 5.32 Å². The van der Waals surface area contributed by atoms with Gasteiger partial charge in [-0.25, -0.2) is 4.79 Å². The Kier molecular flexibility index (Phi) is 5.33. The summed E-state index contributed by atoms with van der Waals surface area (Å²) < 4.78 is 5.13. The number of amides is 1. The second-order valence-corrected chi connectivity index (χ2v) is 5.34. The van der Waals surface area contributed by atoms with Gasteiger partial charge in [-0.1, -0.05) is 30.3 Å². The first-order valence-electron chi connectivity index (χ1n) is 6.36. The Balaban J connectivity index is 2.77. The number of terminal acetylenes is 1. The summed E-state index contributed by atoms with van der Waals surface area (Å²) in [5, 5.41) is 2.52. The van der Waals surface area contributed by atoms with Crippen LogP contribution in [0, 0.1) is 12.3 Å². The number of rotatable bonds is 4. The molecule has 0 radical (unpaired) electrons. The molecule has 4 heteroatoms. The molecular weight excluding hydrogens is 254 g/mol. The van der Waals surface area contributed by atoms with Crippen LogP contribution in [0.1, 0.15) is 37.6 Å². The Bertz CT molecular complexity index is 509. The number of carbonyl (C=O) groups is 2. The molecule has 1 amide bonds. The van der Waals surface area contributed by atoms with Crippen LogP contribution >= 0.6 is 0 Å². The van der Waals surface area contributed by atoms with Gasteiger partial charge in [0, 0.05) is 12.0 Å². The number of benzene rings is 1. The molecule has 0 saturated heterocycles. The summed E-state index contributed by atoms with van der Waals surface area (Å²) in [7, 11) is 0. The van der Waals surface area contributed by atoms with Crippen molar-refractivity contribution >= 4 is 11.9 Å². The summed E-state index contributed by atoms with van der Waals surface area (Å²) in [6.07, 6.45) is 4.72. The van der Waals surface area contributed by atoms with Crippen LogP contribution in [0.25, 0.3) is 0 Å². The number of nitrogens with one attached hydrogen (secondary N) is 1. The zero-order valence-electron chi connectivity index (χ0n) is 12.0. The highest BCUT2D eigenvalue weighted by molar-refractivity contribution is 6.01. The van der Waals surface area contributed by atoms with Gasteiger partial charge in [0.05, 0.1) is 0 Å². The molecule has 1 aromatic carbocycles. The summed E-state index contributed by atoms with van der Waals surface area (Å²) in [4.78, 5) is 24.0. The number of hydrogen-bond acceptors (Lipinski definition) is 3. The Morgan fingerprint density at radius 1 is 1.30 bits per heavy atom. The standard InChI is InChI=1S/C16H19NO3/c1-5-9-13(17-15(19)20-16(2,3)4)14(18)12-10-7-6-8-11-12/h1,6-8,10-11,13H,9H2,2-4H3,(H,17,19). The molecule has 0 spiro atoms. The molecule has 1 rings (SSSR count). The van der Waals surface area contributed by atoms with Gasteiger partial charge in [-0.15, -0.1) is 12.3 Å². The predicted octanol–water partition coefficient (Wildman–Crippen LogP) is 2.79. The summed E-state index contributed by atoms with van der Waals surface area (Å²) in [5.74, 6) is 2.17. The van der Waals surface area contributed by atoms with Crippen molar-refractivity contribution in [2.45, 2.75) is 38.8 Å². The lowest BCUT2D eigenvalue weighted by Gasteiger charge is -2.22. The fourth-order valence-electron chi connectivity index (χ4n) is 1.58. The van der Waals surface area contributed by atoms with Crippen LogP contribution in [0.5, 0.6) is 0 Å². The zero-order valence-corrected chi connectivity index (χ0v) is 12.0. The van der Waals surface area contributed by atoms with E-state index in [1.54, 1.807) is 45.0 Å². The summed E-state index contributed by atoms with van der Waals surface area (Å²) in [6.45, 7) is 5.26. The van der Waals surface area contributed by atoms with Crippen LogP contribution in [0.4, 0.5) is 4.79 Å². The SMILES string of the molecule is C#CCC(NC(=O)OC(C)(C)C)C(=O)c1ccccc1. The van der Waals surface area contributed by atoms with E-state index in [1.165, 1.54) is 0 Å². The van der Waals surface area contributed by atoms with E-state index in [1.807, 2.05) is 6.07 Å². The van der Waals surface area contributed by atoms with E-state index in [2.05, 4.69) is 11.2 Å². The molecule has 0 fully saturated rings. The molecule has 0 aliphatic rings. The fourth-order valence-corrected chi connectivity index (χ4v) is 1.58. The minimum absolute atomic E-state index is 0.118. The first kappa shape index (κ1) is 15.8. The lowest BCUT2D eigenvalue weighted by atomic mass is 10.0. The lowest BCUT2D eigenvalue weighted by Crippen LogP contribution is -2.43. The van der Waals surface area contributed by atoms with E-state index in [4.69, 9.17) is 11.2 Å². The normalized spacial score (nSPS) is 12.1. The van der Waals surface area contributed by atoms with Crippen LogP contribution in [0.2, 0.25) is 0 Å². The Morgan fingerprint density at radius 2 is 1.90 bits per heavy atom. The molecule has 0 saturated carbocycles. The topological polar surface area (TPSA) is 55.4 Å².